The van der Waals surface area contributed by atoms with Crippen molar-refractivity contribution in [1.29, 1.82) is 0 Å². The molecule has 0 aromatic heterocycles. The van der Waals surface area contributed by atoms with Crippen molar-refractivity contribution in [2.45, 2.75) is 66.0 Å². The smallest absolute Gasteiger partial charge is 0.0144 e. The highest BCUT2D eigenvalue weighted by Gasteiger charge is 2.11. The fraction of sp³-hybridized carbons (Fsp3) is 0.857. The molecular formula is C14H30N2. The van der Waals surface area contributed by atoms with Gasteiger partial charge in [-0.25, -0.2) is 0 Å². The Balaban J connectivity index is 3.77. The molecule has 2 heteroatoms. The standard InChI is InChI=1S/C14H30N2/c1-11(2)10-14(16-13(5)6)8-7-9-15-12(3)4/h11,13-16H,3,7-10H2,1-2,4-6H3. The first kappa shape index (κ1) is 15.5. The van der Waals surface area contributed by atoms with E-state index in [1.165, 1.54) is 19.3 Å². The predicted octanol–water partition coefficient (Wildman–Crippen LogP) is 3.30. The first-order valence-electron chi connectivity index (χ1n) is 6.57. The second-order valence-electron chi connectivity index (χ2n) is 5.50. The van der Waals surface area contributed by atoms with Crippen molar-refractivity contribution in [3.05, 3.63) is 12.3 Å². The highest BCUT2D eigenvalue weighted by molar-refractivity contribution is 4.84. The lowest BCUT2D eigenvalue weighted by atomic mass is 9.99. The van der Waals surface area contributed by atoms with Gasteiger partial charge >= 0.3 is 0 Å². The fourth-order valence-corrected chi connectivity index (χ4v) is 1.96. The quantitative estimate of drug-likeness (QED) is 0.589. The maximum absolute atomic E-state index is 3.84. The van der Waals surface area contributed by atoms with Crippen LogP contribution in [0.2, 0.25) is 0 Å². The Morgan fingerprint density at radius 2 is 1.81 bits per heavy atom. The van der Waals surface area contributed by atoms with Gasteiger partial charge in [0.15, 0.2) is 0 Å². The molecule has 0 radical (unpaired) electrons. The molecule has 0 aromatic rings. The normalized spacial score (nSPS) is 13.2. The van der Waals surface area contributed by atoms with Crippen LogP contribution in [0, 0.1) is 5.92 Å². The summed E-state index contributed by atoms with van der Waals surface area (Å²) in [6, 6.07) is 1.24. The fourth-order valence-electron chi connectivity index (χ4n) is 1.96. The first-order valence-corrected chi connectivity index (χ1v) is 6.57. The summed E-state index contributed by atoms with van der Waals surface area (Å²) in [5.41, 5.74) is 1.07. The lowest BCUT2D eigenvalue weighted by Crippen LogP contribution is -2.36. The summed E-state index contributed by atoms with van der Waals surface area (Å²) in [4.78, 5) is 0. The van der Waals surface area contributed by atoms with E-state index in [0.717, 1.165) is 18.2 Å². The highest BCUT2D eigenvalue weighted by atomic mass is 14.9. The summed E-state index contributed by atoms with van der Waals surface area (Å²) in [6.45, 7) is 15.9. The summed E-state index contributed by atoms with van der Waals surface area (Å²) >= 11 is 0. The number of hydrogen-bond acceptors (Lipinski definition) is 2. The van der Waals surface area contributed by atoms with Crippen LogP contribution in [-0.4, -0.2) is 18.6 Å². The van der Waals surface area contributed by atoms with Crippen LogP contribution in [0.25, 0.3) is 0 Å². The van der Waals surface area contributed by atoms with Crippen molar-refractivity contribution in [3.8, 4) is 0 Å². The Morgan fingerprint density at radius 3 is 2.25 bits per heavy atom. The van der Waals surface area contributed by atoms with Crippen LogP contribution < -0.4 is 10.6 Å². The lowest BCUT2D eigenvalue weighted by molar-refractivity contribution is 0.365. The molecule has 0 amide bonds. The van der Waals surface area contributed by atoms with E-state index < -0.39 is 0 Å². The van der Waals surface area contributed by atoms with E-state index in [-0.39, 0.29) is 0 Å². The molecule has 2 N–H and O–H groups in total. The Morgan fingerprint density at radius 1 is 1.19 bits per heavy atom. The van der Waals surface area contributed by atoms with Crippen molar-refractivity contribution < 1.29 is 0 Å². The predicted molar refractivity (Wildman–Crippen MR) is 73.6 cm³/mol. The molecule has 16 heavy (non-hydrogen) atoms. The topological polar surface area (TPSA) is 24.1 Å². The van der Waals surface area contributed by atoms with Crippen LogP contribution in [0.3, 0.4) is 0 Å². The Bertz CT molecular complexity index is 175. The third-order valence-corrected chi connectivity index (χ3v) is 2.48. The van der Waals surface area contributed by atoms with Crippen LogP contribution in [0.1, 0.15) is 53.9 Å². The van der Waals surface area contributed by atoms with E-state index in [2.05, 4.69) is 44.9 Å². The number of rotatable bonds is 9. The molecule has 0 bridgehead atoms. The second kappa shape index (κ2) is 8.63. The molecule has 0 aliphatic heterocycles. The van der Waals surface area contributed by atoms with Crippen molar-refractivity contribution in [2.75, 3.05) is 6.54 Å². The summed E-state index contributed by atoms with van der Waals surface area (Å²) in [6.07, 6.45) is 3.73. The van der Waals surface area contributed by atoms with Crippen LogP contribution in [0.15, 0.2) is 12.3 Å². The molecule has 2 nitrogen and oxygen atoms in total. The minimum Gasteiger partial charge on any atom is -0.389 e. The van der Waals surface area contributed by atoms with Crippen molar-refractivity contribution in [1.82, 2.24) is 10.6 Å². The van der Waals surface area contributed by atoms with Gasteiger partial charge in [0.1, 0.15) is 0 Å². The van der Waals surface area contributed by atoms with Crippen LogP contribution in [0.4, 0.5) is 0 Å². The maximum atomic E-state index is 3.84. The van der Waals surface area contributed by atoms with E-state index in [1.54, 1.807) is 0 Å². The van der Waals surface area contributed by atoms with Crippen molar-refractivity contribution in [2.24, 2.45) is 5.92 Å². The molecular weight excluding hydrogens is 196 g/mol. The zero-order valence-corrected chi connectivity index (χ0v) is 11.8. The SMILES string of the molecule is C=C(C)NCCCC(CC(C)C)NC(C)C. The van der Waals surface area contributed by atoms with E-state index in [0.29, 0.717) is 12.1 Å². The minimum atomic E-state index is 0.581. The Hall–Kier alpha value is -0.500. The molecule has 0 heterocycles. The molecule has 1 unspecified atom stereocenters. The van der Waals surface area contributed by atoms with E-state index >= 15 is 0 Å². The Labute approximate surface area is 102 Å². The molecule has 0 spiro atoms. The van der Waals surface area contributed by atoms with Gasteiger partial charge in [0, 0.05) is 24.3 Å². The molecule has 96 valence electrons. The van der Waals surface area contributed by atoms with E-state index in [9.17, 15) is 0 Å². The largest absolute Gasteiger partial charge is 0.389 e. The van der Waals surface area contributed by atoms with Gasteiger partial charge in [-0.2, -0.15) is 0 Å². The van der Waals surface area contributed by atoms with Crippen LogP contribution in [0.5, 0.6) is 0 Å². The molecule has 0 fully saturated rings. The molecule has 0 rings (SSSR count). The van der Waals surface area contributed by atoms with Gasteiger partial charge in [0.2, 0.25) is 0 Å². The van der Waals surface area contributed by atoms with E-state index in [1.807, 2.05) is 6.92 Å². The monoisotopic (exact) mass is 226 g/mol. The van der Waals surface area contributed by atoms with Gasteiger partial charge in [-0.15, -0.1) is 0 Å². The van der Waals surface area contributed by atoms with Gasteiger partial charge < -0.3 is 10.6 Å². The van der Waals surface area contributed by atoms with Gasteiger partial charge in [-0.1, -0.05) is 34.3 Å². The highest BCUT2D eigenvalue weighted by Crippen LogP contribution is 2.10. The maximum Gasteiger partial charge on any atom is 0.0144 e. The average molecular weight is 226 g/mol. The van der Waals surface area contributed by atoms with Crippen LogP contribution >= 0.6 is 0 Å². The van der Waals surface area contributed by atoms with Gasteiger partial charge in [0.05, 0.1) is 0 Å². The molecule has 0 saturated carbocycles. The Kier molecular flexibility index (Phi) is 8.36. The van der Waals surface area contributed by atoms with Crippen molar-refractivity contribution >= 4 is 0 Å². The molecule has 1 atom stereocenters. The summed E-state index contributed by atoms with van der Waals surface area (Å²) in [5, 5.41) is 6.93. The summed E-state index contributed by atoms with van der Waals surface area (Å²) in [5.74, 6) is 0.769. The summed E-state index contributed by atoms with van der Waals surface area (Å²) < 4.78 is 0. The molecule has 0 aromatic carbocycles. The minimum absolute atomic E-state index is 0.581. The molecule has 0 saturated heterocycles. The van der Waals surface area contributed by atoms with Crippen molar-refractivity contribution in [3.63, 3.8) is 0 Å². The first-order chi connectivity index (χ1) is 7.41. The zero-order chi connectivity index (χ0) is 12.6. The van der Waals surface area contributed by atoms with Gasteiger partial charge in [-0.05, 0) is 32.1 Å². The average Bonchev–Trinajstić information content (AvgIpc) is 2.09. The lowest BCUT2D eigenvalue weighted by Gasteiger charge is -2.23. The number of nitrogens with one attached hydrogen (secondary N) is 2. The molecule has 0 aliphatic carbocycles. The van der Waals surface area contributed by atoms with Gasteiger partial charge in [0.25, 0.3) is 0 Å². The number of allylic oxidation sites excluding steroid dienone is 1. The third-order valence-electron chi connectivity index (χ3n) is 2.48. The van der Waals surface area contributed by atoms with Crippen LogP contribution in [-0.2, 0) is 0 Å². The summed E-state index contributed by atoms with van der Waals surface area (Å²) in [7, 11) is 0. The second-order valence-corrected chi connectivity index (χ2v) is 5.50. The zero-order valence-electron chi connectivity index (χ0n) is 11.8. The molecule has 0 aliphatic rings. The van der Waals surface area contributed by atoms with E-state index in [4.69, 9.17) is 0 Å². The van der Waals surface area contributed by atoms with Gasteiger partial charge in [-0.3, -0.25) is 0 Å². The third kappa shape index (κ3) is 10.0. The number of hydrogen-bond donors (Lipinski definition) is 2.